The van der Waals surface area contributed by atoms with E-state index in [4.69, 9.17) is 0 Å². The van der Waals surface area contributed by atoms with Crippen molar-refractivity contribution < 1.29 is 14.7 Å². The first-order chi connectivity index (χ1) is 11.6. The van der Waals surface area contributed by atoms with Crippen molar-refractivity contribution in [2.24, 2.45) is 5.92 Å². The molecule has 2 fully saturated rings. The lowest BCUT2D eigenvalue weighted by molar-refractivity contribution is -0.125. The highest BCUT2D eigenvalue weighted by molar-refractivity contribution is 5.98. The fourth-order valence-electron chi connectivity index (χ4n) is 4.08. The summed E-state index contributed by atoms with van der Waals surface area (Å²) in [5.74, 6) is 0.213. The summed E-state index contributed by atoms with van der Waals surface area (Å²) in [5.41, 5.74) is 0.636. The van der Waals surface area contributed by atoms with E-state index in [9.17, 15) is 14.7 Å². The second-order valence-corrected chi connectivity index (χ2v) is 7.04. The van der Waals surface area contributed by atoms with Crippen LogP contribution >= 0.6 is 0 Å². The van der Waals surface area contributed by atoms with Crippen LogP contribution in [0.25, 0.3) is 0 Å². The molecule has 1 aliphatic carbocycles. The highest BCUT2D eigenvalue weighted by atomic mass is 16.3. The predicted molar refractivity (Wildman–Crippen MR) is 91.5 cm³/mol. The summed E-state index contributed by atoms with van der Waals surface area (Å²) in [7, 11) is 0. The summed E-state index contributed by atoms with van der Waals surface area (Å²) in [6, 6.07) is 8.94. The maximum absolute atomic E-state index is 13.1. The van der Waals surface area contributed by atoms with Crippen molar-refractivity contribution in [3.8, 4) is 0 Å². The zero-order chi connectivity index (χ0) is 17.1. The van der Waals surface area contributed by atoms with Gasteiger partial charge in [0.25, 0.3) is 5.91 Å². The molecule has 2 N–H and O–H groups in total. The molecular weight excluding hydrogens is 304 g/mol. The number of amides is 2. The third-order valence-electron chi connectivity index (χ3n) is 5.22. The summed E-state index contributed by atoms with van der Waals surface area (Å²) in [5, 5.41) is 12.2. The zero-order valence-corrected chi connectivity index (χ0v) is 14.1. The fraction of sp³-hybridized carbons (Fsp3) is 0.579. The van der Waals surface area contributed by atoms with Gasteiger partial charge in [-0.25, -0.2) is 0 Å². The second-order valence-electron chi connectivity index (χ2n) is 7.04. The smallest absolute Gasteiger partial charge is 0.254 e. The number of benzene rings is 1. The van der Waals surface area contributed by atoms with Gasteiger partial charge in [0.1, 0.15) is 6.04 Å². The van der Waals surface area contributed by atoms with Crippen LogP contribution < -0.4 is 5.32 Å². The summed E-state index contributed by atoms with van der Waals surface area (Å²) in [6.07, 6.45) is 4.50. The summed E-state index contributed by atoms with van der Waals surface area (Å²) in [4.78, 5) is 27.5. The maximum atomic E-state index is 13.1. The fourth-order valence-corrected chi connectivity index (χ4v) is 4.08. The van der Waals surface area contributed by atoms with Gasteiger partial charge in [-0.15, -0.1) is 0 Å². The number of hydrogen-bond acceptors (Lipinski definition) is 3. The van der Waals surface area contributed by atoms with E-state index in [1.165, 1.54) is 6.42 Å². The Balaban J connectivity index is 1.82. The molecule has 5 heteroatoms. The number of likely N-dealkylation sites (tertiary alicyclic amines) is 1. The van der Waals surface area contributed by atoms with Gasteiger partial charge in [0.15, 0.2) is 0 Å². The molecule has 0 spiro atoms. The molecule has 0 radical (unpaired) electrons. The predicted octanol–water partition coefficient (Wildman–Crippen LogP) is 1.96. The molecule has 3 rings (SSSR count). The quantitative estimate of drug-likeness (QED) is 0.886. The van der Waals surface area contributed by atoms with Gasteiger partial charge in [-0.3, -0.25) is 9.59 Å². The number of carbonyl (C=O) groups excluding carboxylic acids is 2. The lowest BCUT2D eigenvalue weighted by Gasteiger charge is -2.33. The van der Waals surface area contributed by atoms with E-state index in [-0.39, 0.29) is 24.4 Å². The van der Waals surface area contributed by atoms with Gasteiger partial charge in [0.2, 0.25) is 5.91 Å². The number of hydrogen-bond donors (Lipinski definition) is 2. The number of nitrogens with one attached hydrogen (secondary N) is 1. The third-order valence-corrected chi connectivity index (χ3v) is 5.22. The number of rotatable bonds is 4. The van der Waals surface area contributed by atoms with Crippen molar-refractivity contribution >= 4 is 11.8 Å². The second kappa shape index (κ2) is 7.34. The van der Waals surface area contributed by atoms with Gasteiger partial charge in [0.05, 0.1) is 6.10 Å². The lowest BCUT2D eigenvalue weighted by Crippen LogP contribution is -2.50. The van der Waals surface area contributed by atoms with Gasteiger partial charge in [-0.1, -0.05) is 31.0 Å². The number of aliphatic hydroxyl groups is 1. The minimum Gasteiger partial charge on any atom is -0.392 e. The first-order valence-electron chi connectivity index (χ1n) is 8.91. The average Bonchev–Trinajstić information content (AvgIpc) is 2.99. The highest BCUT2D eigenvalue weighted by Gasteiger charge is 2.47. The van der Waals surface area contributed by atoms with Crippen LogP contribution in [0.4, 0.5) is 0 Å². The number of carbonyl (C=O) groups is 2. The number of nitrogens with zero attached hydrogens (tertiary/aromatic N) is 1. The minimum atomic E-state index is -0.587. The van der Waals surface area contributed by atoms with Gasteiger partial charge < -0.3 is 15.3 Å². The Morgan fingerprint density at radius 2 is 1.96 bits per heavy atom. The Bertz CT molecular complexity index is 588. The van der Waals surface area contributed by atoms with E-state index < -0.39 is 12.1 Å². The van der Waals surface area contributed by atoms with Crippen LogP contribution in [0, 0.1) is 5.92 Å². The SMILES string of the molecule is CC(O)CNC(=O)C1CC2CCCCC2N1C(=O)c1ccccc1. The van der Waals surface area contributed by atoms with Crippen molar-refractivity contribution in [1.82, 2.24) is 10.2 Å². The van der Waals surface area contributed by atoms with Crippen molar-refractivity contribution in [2.45, 2.75) is 57.2 Å². The molecule has 1 saturated carbocycles. The molecule has 2 amide bonds. The summed E-state index contributed by atoms with van der Waals surface area (Å²) in [6.45, 7) is 1.86. The van der Waals surface area contributed by atoms with Crippen LogP contribution in [0.15, 0.2) is 30.3 Å². The largest absolute Gasteiger partial charge is 0.392 e. The first-order valence-corrected chi connectivity index (χ1v) is 8.91. The van der Waals surface area contributed by atoms with E-state index in [1.54, 1.807) is 6.92 Å². The van der Waals surface area contributed by atoms with Gasteiger partial charge in [0, 0.05) is 18.2 Å². The Labute approximate surface area is 143 Å². The van der Waals surface area contributed by atoms with E-state index in [0.29, 0.717) is 11.5 Å². The first kappa shape index (κ1) is 17.0. The topological polar surface area (TPSA) is 69.6 Å². The molecule has 1 aromatic rings. The molecule has 24 heavy (non-hydrogen) atoms. The average molecular weight is 330 g/mol. The van der Waals surface area contributed by atoms with Crippen LogP contribution in [0.1, 0.15) is 49.4 Å². The molecule has 2 aliphatic rings. The maximum Gasteiger partial charge on any atom is 0.254 e. The molecule has 130 valence electrons. The molecule has 1 saturated heterocycles. The third kappa shape index (κ3) is 3.46. The van der Waals surface area contributed by atoms with Crippen LogP contribution in [0.2, 0.25) is 0 Å². The van der Waals surface area contributed by atoms with Crippen molar-refractivity contribution in [3.63, 3.8) is 0 Å². The minimum absolute atomic E-state index is 0.0535. The monoisotopic (exact) mass is 330 g/mol. The van der Waals surface area contributed by atoms with E-state index in [2.05, 4.69) is 5.32 Å². The molecule has 0 bridgehead atoms. The van der Waals surface area contributed by atoms with E-state index in [0.717, 1.165) is 25.7 Å². The molecule has 4 atom stereocenters. The Kier molecular flexibility index (Phi) is 5.19. The van der Waals surface area contributed by atoms with Gasteiger partial charge >= 0.3 is 0 Å². The zero-order valence-electron chi connectivity index (χ0n) is 14.1. The normalized spacial score (nSPS) is 27.4. The standard InChI is InChI=1S/C19H26N2O3/c1-13(22)12-20-18(23)17-11-15-9-5-6-10-16(15)21(17)19(24)14-7-3-2-4-8-14/h2-4,7-8,13,15-17,22H,5-6,9-12H2,1H3,(H,20,23). The molecular formula is C19H26N2O3. The van der Waals surface area contributed by atoms with Crippen LogP contribution in [-0.2, 0) is 4.79 Å². The van der Waals surface area contributed by atoms with Crippen molar-refractivity contribution in [3.05, 3.63) is 35.9 Å². The van der Waals surface area contributed by atoms with Crippen LogP contribution in [-0.4, -0.2) is 46.6 Å². The molecule has 0 aromatic heterocycles. The van der Waals surface area contributed by atoms with E-state index in [1.807, 2.05) is 35.2 Å². The highest BCUT2D eigenvalue weighted by Crippen LogP contribution is 2.40. The molecule has 1 aromatic carbocycles. The molecule has 1 heterocycles. The summed E-state index contributed by atoms with van der Waals surface area (Å²) >= 11 is 0. The number of aliphatic hydroxyl groups excluding tert-OH is 1. The van der Waals surface area contributed by atoms with Crippen molar-refractivity contribution in [2.75, 3.05) is 6.54 Å². The Morgan fingerprint density at radius 3 is 2.67 bits per heavy atom. The van der Waals surface area contributed by atoms with E-state index >= 15 is 0 Å². The van der Waals surface area contributed by atoms with Crippen LogP contribution in [0.3, 0.4) is 0 Å². The Morgan fingerprint density at radius 1 is 1.25 bits per heavy atom. The molecule has 1 aliphatic heterocycles. The lowest BCUT2D eigenvalue weighted by atomic mass is 9.84. The summed E-state index contributed by atoms with van der Waals surface area (Å²) < 4.78 is 0. The molecule has 4 unspecified atom stereocenters. The number of fused-ring (bicyclic) bond motifs is 1. The van der Waals surface area contributed by atoms with Gasteiger partial charge in [-0.2, -0.15) is 0 Å². The Hall–Kier alpha value is -1.88. The van der Waals surface area contributed by atoms with Gasteiger partial charge in [-0.05, 0) is 44.2 Å². The van der Waals surface area contributed by atoms with Crippen molar-refractivity contribution in [1.29, 1.82) is 0 Å². The molecule has 5 nitrogen and oxygen atoms in total. The van der Waals surface area contributed by atoms with Crippen LogP contribution in [0.5, 0.6) is 0 Å².